The first kappa shape index (κ1) is 25.5. The van der Waals surface area contributed by atoms with Crippen molar-refractivity contribution in [1.82, 2.24) is 0 Å². The molecule has 0 aliphatic heterocycles. The summed E-state index contributed by atoms with van der Waals surface area (Å²) in [4.78, 5) is 0. The fourth-order valence-electron chi connectivity index (χ4n) is 0.837. The van der Waals surface area contributed by atoms with Crippen molar-refractivity contribution in [3.63, 3.8) is 0 Å². The van der Waals surface area contributed by atoms with Crippen LogP contribution in [0.1, 0.15) is 20.3 Å². The van der Waals surface area contributed by atoms with E-state index in [0.29, 0.717) is 0 Å². The van der Waals surface area contributed by atoms with Crippen molar-refractivity contribution in [2.24, 2.45) is 0 Å². The van der Waals surface area contributed by atoms with Gasteiger partial charge in [0.1, 0.15) is 22.3 Å². The Balaban J connectivity index is 0. The molecule has 2 unspecified atom stereocenters. The Bertz CT molecular complexity index is 360. The molecule has 0 heterocycles. The fraction of sp³-hybridized carbons (Fsp3) is 0.538. The summed E-state index contributed by atoms with van der Waals surface area (Å²) in [6, 6.07) is 0. The van der Waals surface area contributed by atoms with Gasteiger partial charge in [0.2, 0.25) is 0 Å². The Labute approximate surface area is 159 Å². The minimum Gasteiger partial charge on any atom is -0.505 e. The first-order valence-corrected chi connectivity index (χ1v) is 8.27. The molecular formula is C13H19Cl5O5. The zero-order chi connectivity index (χ0) is 18.7. The van der Waals surface area contributed by atoms with E-state index in [1.54, 1.807) is 0 Å². The van der Waals surface area contributed by atoms with Crippen LogP contribution in [0.4, 0.5) is 0 Å². The van der Waals surface area contributed by atoms with Gasteiger partial charge in [-0.25, -0.2) is 0 Å². The van der Waals surface area contributed by atoms with Crippen LogP contribution >= 0.6 is 58.0 Å². The lowest BCUT2D eigenvalue weighted by Gasteiger charge is -2.10. The first-order valence-electron chi connectivity index (χ1n) is 6.38. The predicted octanol–water partition coefficient (Wildman–Crippen LogP) is 3.77. The number of aliphatic hydroxyl groups excluding tert-OH is 4. The Morgan fingerprint density at radius 2 is 0.913 bits per heavy atom. The van der Waals surface area contributed by atoms with E-state index >= 15 is 0 Å². The van der Waals surface area contributed by atoms with Crippen molar-refractivity contribution >= 4 is 58.0 Å². The number of hydrogen-bond acceptors (Lipinski definition) is 5. The maximum Gasteiger partial charge on any atom is 0.155 e. The van der Waals surface area contributed by atoms with E-state index in [2.05, 4.69) is 13.8 Å². The first-order chi connectivity index (χ1) is 10.6. The molecule has 0 fully saturated rings. The Kier molecular flexibility index (Phi) is 15.1. The van der Waals surface area contributed by atoms with Gasteiger partial charge in [-0.3, -0.25) is 0 Å². The van der Waals surface area contributed by atoms with Crippen LogP contribution in [0.2, 0.25) is 25.1 Å². The fourth-order valence-corrected chi connectivity index (χ4v) is 1.97. The molecule has 1 rings (SSSR count). The average molecular weight is 433 g/mol. The summed E-state index contributed by atoms with van der Waals surface area (Å²) < 4.78 is 0. The molecule has 0 saturated carbocycles. The molecule has 1 aromatic rings. The molecule has 0 amide bonds. The largest absolute Gasteiger partial charge is 0.505 e. The number of benzene rings is 1. The van der Waals surface area contributed by atoms with E-state index in [4.69, 9.17) is 78.4 Å². The second-order valence-corrected chi connectivity index (χ2v) is 6.02. The van der Waals surface area contributed by atoms with E-state index in [-0.39, 0.29) is 30.9 Å². The molecule has 136 valence electrons. The minimum atomic E-state index is -1.22. The maximum atomic E-state index is 9.20. The standard InChI is InChI=1S/C6HCl5O.C4H10O4.C3H8/c7-1-2(8)4(10)6(12)5(11)3(1)9;5-1-3(7)4(8)2-6;1-3-2/h12H;3-8H,1-2H2;3H2,1-2H3. The highest BCUT2D eigenvalue weighted by Gasteiger charge is 2.18. The molecule has 2 atom stereocenters. The maximum absolute atomic E-state index is 9.20. The number of aliphatic hydroxyl groups is 4. The highest BCUT2D eigenvalue weighted by molar-refractivity contribution is 6.55. The van der Waals surface area contributed by atoms with Crippen molar-refractivity contribution < 1.29 is 25.5 Å². The molecule has 0 saturated heterocycles. The zero-order valence-corrected chi connectivity index (χ0v) is 16.2. The third-order valence-electron chi connectivity index (χ3n) is 2.00. The third-order valence-corrected chi connectivity index (χ3v) is 4.26. The van der Waals surface area contributed by atoms with Gasteiger partial charge in [0, 0.05) is 0 Å². The second kappa shape index (κ2) is 13.6. The number of rotatable bonds is 3. The monoisotopic (exact) mass is 430 g/mol. The van der Waals surface area contributed by atoms with Gasteiger partial charge >= 0.3 is 0 Å². The van der Waals surface area contributed by atoms with Gasteiger partial charge in [0.25, 0.3) is 0 Å². The molecule has 10 heteroatoms. The van der Waals surface area contributed by atoms with E-state index in [9.17, 15) is 5.11 Å². The van der Waals surface area contributed by atoms with Gasteiger partial charge in [-0.2, -0.15) is 0 Å². The summed E-state index contributed by atoms with van der Waals surface area (Å²) in [6.07, 6.45) is -1.19. The van der Waals surface area contributed by atoms with E-state index in [1.165, 1.54) is 6.42 Å². The van der Waals surface area contributed by atoms with Crippen LogP contribution in [0.5, 0.6) is 5.75 Å². The van der Waals surface area contributed by atoms with Crippen LogP contribution in [0.25, 0.3) is 0 Å². The second-order valence-electron chi connectivity index (χ2n) is 4.13. The number of phenolic OH excluding ortho intramolecular Hbond substituents is 1. The lowest BCUT2D eigenvalue weighted by molar-refractivity contribution is -0.0388. The summed E-state index contributed by atoms with van der Waals surface area (Å²) >= 11 is 27.9. The number of aromatic hydroxyl groups is 1. The predicted molar refractivity (Wildman–Crippen MR) is 95.3 cm³/mol. The molecule has 0 spiro atoms. The molecule has 0 bridgehead atoms. The number of halogens is 5. The lowest BCUT2D eigenvalue weighted by Crippen LogP contribution is -2.31. The summed E-state index contributed by atoms with van der Waals surface area (Å²) in [5.74, 6) is -0.363. The SMILES string of the molecule is CCC.OCC(O)C(O)CO.Oc1c(Cl)c(Cl)c(Cl)c(Cl)c1Cl. The average Bonchev–Trinajstić information content (AvgIpc) is 2.56. The van der Waals surface area contributed by atoms with Gasteiger partial charge in [-0.05, 0) is 0 Å². The van der Waals surface area contributed by atoms with E-state index in [1.807, 2.05) is 0 Å². The van der Waals surface area contributed by atoms with Gasteiger partial charge in [-0.1, -0.05) is 78.3 Å². The molecule has 23 heavy (non-hydrogen) atoms. The number of hydrogen-bond donors (Lipinski definition) is 5. The normalized spacial score (nSPS) is 12.5. The molecular weight excluding hydrogens is 413 g/mol. The zero-order valence-electron chi connectivity index (χ0n) is 12.4. The summed E-state index contributed by atoms with van der Waals surface area (Å²) in [5.41, 5.74) is 0. The molecule has 0 aliphatic rings. The minimum absolute atomic E-state index is 0.00904. The van der Waals surface area contributed by atoms with E-state index in [0.717, 1.165) is 0 Å². The summed E-state index contributed by atoms with van der Waals surface area (Å²) in [6.45, 7) is 3.20. The quantitative estimate of drug-likeness (QED) is 0.370. The van der Waals surface area contributed by atoms with Crippen molar-refractivity contribution in [3.05, 3.63) is 25.1 Å². The van der Waals surface area contributed by atoms with Gasteiger partial charge in [-0.15, -0.1) is 0 Å². The molecule has 0 aromatic heterocycles. The molecule has 0 radical (unpaired) electrons. The Morgan fingerprint density at radius 3 is 1.13 bits per heavy atom. The molecule has 5 N–H and O–H groups in total. The lowest BCUT2D eigenvalue weighted by atomic mass is 10.2. The smallest absolute Gasteiger partial charge is 0.155 e. The van der Waals surface area contributed by atoms with Crippen molar-refractivity contribution in [1.29, 1.82) is 0 Å². The van der Waals surface area contributed by atoms with Crippen LogP contribution < -0.4 is 0 Å². The number of phenols is 1. The van der Waals surface area contributed by atoms with Crippen molar-refractivity contribution in [2.75, 3.05) is 13.2 Å². The van der Waals surface area contributed by atoms with Crippen LogP contribution in [-0.2, 0) is 0 Å². The third kappa shape index (κ3) is 8.82. The van der Waals surface area contributed by atoms with E-state index < -0.39 is 25.4 Å². The highest BCUT2D eigenvalue weighted by atomic mass is 35.5. The van der Waals surface area contributed by atoms with Crippen LogP contribution in [0.15, 0.2) is 0 Å². The Morgan fingerprint density at radius 1 is 0.696 bits per heavy atom. The molecule has 5 nitrogen and oxygen atoms in total. The van der Waals surface area contributed by atoms with Gasteiger partial charge in [0.15, 0.2) is 5.75 Å². The summed E-state index contributed by atoms with van der Waals surface area (Å²) in [7, 11) is 0. The molecule has 0 aliphatic carbocycles. The van der Waals surface area contributed by atoms with Crippen LogP contribution in [-0.4, -0.2) is 51.0 Å². The van der Waals surface area contributed by atoms with Crippen LogP contribution in [0.3, 0.4) is 0 Å². The highest BCUT2D eigenvalue weighted by Crippen LogP contribution is 2.47. The summed E-state index contributed by atoms with van der Waals surface area (Å²) in [5, 5.41) is 42.2. The van der Waals surface area contributed by atoms with Crippen molar-refractivity contribution in [2.45, 2.75) is 32.5 Å². The molecule has 1 aromatic carbocycles. The topological polar surface area (TPSA) is 101 Å². The van der Waals surface area contributed by atoms with Gasteiger partial charge in [0.05, 0.1) is 28.3 Å². The van der Waals surface area contributed by atoms with Crippen LogP contribution in [0, 0.1) is 0 Å². The van der Waals surface area contributed by atoms with Crippen molar-refractivity contribution in [3.8, 4) is 5.75 Å². The Hall–Kier alpha value is 0.310. The van der Waals surface area contributed by atoms with Gasteiger partial charge < -0.3 is 25.5 Å².